The first kappa shape index (κ1) is 28.4. The van der Waals surface area contributed by atoms with Gasteiger partial charge in [0.1, 0.15) is 59.2 Å². The molecule has 0 saturated carbocycles. The van der Waals surface area contributed by atoms with E-state index >= 15 is 0 Å². The number of aliphatic hydroxyl groups excluding tert-OH is 2. The van der Waals surface area contributed by atoms with Gasteiger partial charge >= 0.3 is 17.9 Å². The molecule has 1 aliphatic rings. The third-order valence-corrected chi connectivity index (χ3v) is 5.84. The van der Waals surface area contributed by atoms with Crippen LogP contribution < -0.4 is 10.2 Å². The third-order valence-electron chi connectivity index (χ3n) is 5.84. The largest absolute Gasteiger partial charge is 0.508 e. The molecule has 0 radical (unpaired) electrons. The Bertz CT molecular complexity index is 1480. The topological polar surface area (TPSA) is 219 Å². The number of benzene rings is 2. The van der Waals surface area contributed by atoms with E-state index in [-0.39, 0.29) is 28.2 Å². The normalized spacial score (nSPS) is 22.4. The molecule has 5 N–H and O–H groups in total. The van der Waals surface area contributed by atoms with Gasteiger partial charge in [-0.25, -0.2) is 0 Å². The van der Waals surface area contributed by atoms with Crippen LogP contribution in [0.25, 0.3) is 22.3 Å². The summed E-state index contributed by atoms with van der Waals surface area (Å²) >= 11 is 0. The standard InChI is InChI=1S/C26H24O14/c1-11(27)37-25-23(34)19(10-36-21(33)9-20(31)32)40-26(24(25)35)38-14-6-15(29)22-16(30)8-17(39-18(22)7-14)12-2-4-13(28)5-3-12/h2-8,19,23-26,28-29,34-35H,9-10H2,1H3,(H,31,32). The Morgan fingerprint density at radius 2 is 1.70 bits per heavy atom. The van der Waals surface area contributed by atoms with Gasteiger partial charge in [0.2, 0.25) is 6.29 Å². The molecule has 5 unspecified atom stereocenters. The van der Waals surface area contributed by atoms with Crippen LogP contribution in [0.2, 0.25) is 0 Å². The summed E-state index contributed by atoms with van der Waals surface area (Å²) in [5.74, 6) is -4.02. The summed E-state index contributed by atoms with van der Waals surface area (Å²) in [5.41, 5.74) is -0.234. The predicted octanol–water partition coefficient (Wildman–Crippen LogP) is 0.646. The van der Waals surface area contributed by atoms with E-state index in [0.29, 0.717) is 5.56 Å². The number of phenolic OH excluding ortho intramolecular Hbond substituents is 2. The Hall–Kier alpha value is -4.66. The van der Waals surface area contributed by atoms with Crippen molar-refractivity contribution in [3.05, 3.63) is 52.7 Å². The summed E-state index contributed by atoms with van der Waals surface area (Å²) in [7, 11) is 0. The number of hydrogen-bond donors (Lipinski definition) is 5. The van der Waals surface area contributed by atoms with E-state index in [4.69, 9.17) is 28.5 Å². The molecule has 1 fully saturated rings. The van der Waals surface area contributed by atoms with Gasteiger partial charge in [-0.15, -0.1) is 0 Å². The van der Waals surface area contributed by atoms with E-state index < -0.39 is 72.8 Å². The Morgan fingerprint density at radius 3 is 2.35 bits per heavy atom. The molecule has 4 rings (SSSR count). The number of phenols is 2. The van der Waals surface area contributed by atoms with Crippen molar-refractivity contribution in [3.63, 3.8) is 0 Å². The van der Waals surface area contributed by atoms with E-state index in [0.717, 1.165) is 19.1 Å². The second-order valence-corrected chi connectivity index (χ2v) is 8.81. The predicted molar refractivity (Wildman–Crippen MR) is 131 cm³/mol. The van der Waals surface area contributed by atoms with Crippen LogP contribution in [-0.2, 0) is 28.6 Å². The number of carboxylic acid groups (broad SMARTS) is 1. The van der Waals surface area contributed by atoms with Crippen molar-refractivity contribution >= 4 is 28.9 Å². The van der Waals surface area contributed by atoms with Gasteiger partial charge in [-0.3, -0.25) is 19.2 Å². The van der Waals surface area contributed by atoms with Crippen molar-refractivity contribution in [2.24, 2.45) is 0 Å². The number of carbonyl (C=O) groups excluding carboxylic acids is 2. The van der Waals surface area contributed by atoms with Crippen molar-refractivity contribution in [2.75, 3.05) is 6.61 Å². The Labute approximate surface area is 224 Å². The van der Waals surface area contributed by atoms with Crippen LogP contribution in [0.5, 0.6) is 17.2 Å². The lowest BCUT2D eigenvalue weighted by molar-refractivity contribution is -0.282. The number of aliphatic hydroxyl groups is 2. The Kier molecular flexibility index (Phi) is 8.23. The number of aromatic hydroxyl groups is 2. The SMILES string of the molecule is CC(=O)OC1C(O)C(COC(=O)CC(=O)O)OC(Oc2cc(O)c3c(=O)cc(-c4ccc(O)cc4)oc3c2)C1O. The van der Waals surface area contributed by atoms with Gasteiger partial charge in [-0.1, -0.05) is 0 Å². The van der Waals surface area contributed by atoms with E-state index in [9.17, 15) is 39.6 Å². The van der Waals surface area contributed by atoms with Crippen LogP contribution in [0, 0.1) is 0 Å². The molecule has 0 bridgehead atoms. The first-order valence-corrected chi connectivity index (χ1v) is 11.8. The number of esters is 2. The summed E-state index contributed by atoms with van der Waals surface area (Å²) in [6.45, 7) is 0.354. The van der Waals surface area contributed by atoms with Crippen molar-refractivity contribution in [2.45, 2.75) is 44.1 Å². The number of aliphatic carboxylic acids is 1. The molecule has 0 spiro atoms. The zero-order valence-corrected chi connectivity index (χ0v) is 20.8. The van der Waals surface area contributed by atoms with Crippen molar-refractivity contribution in [1.29, 1.82) is 0 Å². The van der Waals surface area contributed by atoms with Crippen LogP contribution in [0.3, 0.4) is 0 Å². The quantitative estimate of drug-likeness (QED) is 0.189. The van der Waals surface area contributed by atoms with Gasteiger partial charge < -0.3 is 48.9 Å². The minimum absolute atomic E-state index is 0.00149. The molecular formula is C26H24O14. The fourth-order valence-electron chi connectivity index (χ4n) is 4.03. The van der Waals surface area contributed by atoms with Crippen LogP contribution in [-0.4, -0.2) is 80.8 Å². The molecule has 2 aromatic carbocycles. The highest BCUT2D eigenvalue weighted by Gasteiger charge is 2.48. The lowest BCUT2D eigenvalue weighted by Crippen LogP contribution is -2.61. The van der Waals surface area contributed by atoms with Crippen molar-refractivity contribution in [1.82, 2.24) is 0 Å². The highest BCUT2D eigenvalue weighted by molar-refractivity contribution is 5.90. The Balaban J connectivity index is 1.63. The summed E-state index contributed by atoms with van der Waals surface area (Å²) in [4.78, 5) is 46.6. The number of carboxylic acids is 1. The fourth-order valence-corrected chi connectivity index (χ4v) is 4.03. The lowest BCUT2D eigenvalue weighted by atomic mass is 9.99. The number of carbonyl (C=O) groups is 3. The minimum Gasteiger partial charge on any atom is -0.508 e. The Morgan fingerprint density at radius 1 is 1.00 bits per heavy atom. The number of hydrogen-bond acceptors (Lipinski definition) is 13. The molecule has 5 atom stereocenters. The average Bonchev–Trinajstić information content (AvgIpc) is 2.87. The zero-order chi connectivity index (χ0) is 29.1. The second-order valence-electron chi connectivity index (χ2n) is 8.81. The van der Waals surface area contributed by atoms with Gasteiger partial charge in [0, 0.05) is 30.7 Å². The maximum Gasteiger partial charge on any atom is 0.317 e. The first-order valence-electron chi connectivity index (χ1n) is 11.8. The summed E-state index contributed by atoms with van der Waals surface area (Å²) in [6, 6.07) is 9.23. The van der Waals surface area contributed by atoms with Gasteiger partial charge in [0.05, 0.1) is 0 Å². The van der Waals surface area contributed by atoms with Gasteiger partial charge in [0.25, 0.3) is 0 Å². The highest BCUT2D eigenvalue weighted by atomic mass is 16.7. The average molecular weight is 560 g/mol. The summed E-state index contributed by atoms with van der Waals surface area (Å²) < 4.78 is 26.8. The molecule has 212 valence electrons. The van der Waals surface area contributed by atoms with Crippen molar-refractivity contribution < 1.29 is 63.3 Å². The monoisotopic (exact) mass is 560 g/mol. The van der Waals surface area contributed by atoms with Crippen molar-refractivity contribution in [3.8, 4) is 28.6 Å². The van der Waals surface area contributed by atoms with Crippen LogP contribution in [0.15, 0.2) is 51.7 Å². The van der Waals surface area contributed by atoms with Gasteiger partial charge in [-0.05, 0) is 24.3 Å². The molecule has 1 saturated heterocycles. The van der Waals surface area contributed by atoms with Crippen LogP contribution in [0.1, 0.15) is 13.3 Å². The third kappa shape index (κ3) is 6.31. The molecule has 0 amide bonds. The molecule has 14 heteroatoms. The number of fused-ring (bicyclic) bond motifs is 1. The lowest BCUT2D eigenvalue weighted by Gasteiger charge is -2.41. The fraction of sp³-hybridized carbons (Fsp3) is 0.308. The molecule has 2 heterocycles. The van der Waals surface area contributed by atoms with E-state index in [1.807, 2.05) is 0 Å². The maximum absolute atomic E-state index is 12.7. The zero-order valence-electron chi connectivity index (χ0n) is 20.8. The van der Waals surface area contributed by atoms with Crippen LogP contribution >= 0.6 is 0 Å². The van der Waals surface area contributed by atoms with Gasteiger partial charge in [0.15, 0.2) is 17.6 Å². The summed E-state index contributed by atoms with van der Waals surface area (Å²) in [6.07, 6.45) is -9.13. The molecule has 3 aromatic rings. The molecule has 40 heavy (non-hydrogen) atoms. The maximum atomic E-state index is 12.7. The number of rotatable bonds is 8. The van der Waals surface area contributed by atoms with Crippen LogP contribution in [0.4, 0.5) is 0 Å². The van der Waals surface area contributed by atoms with E-state index in [2.05, 4.69) is 0 Å². The molecular weight excluding hydrogens is 536 g/mol. The second kappa shape index (κ2) is 11.6. The molecule has 0 aliphatic carbocycles. The highest BCUT2D eigenvalue weighted by Crippen LogP contribution is 2.34. The smallest absolute Gasteiger partial charge is 0.317 e. The molecule has 14 nitrogen and oxygen atoms in total. The van der Waals surface area contributed by atoms with Gasteiger partial charge in [-0.2, -0.15) is 0 Å². The first-order chi connectivity index (χ1) is 18.9. The van der Waals surface area contributed by atoms with E-state index in [1.165, 1.54) is 30.3 Å². The summed E-state index contributed by atoms with van der Waals surface area (Å²) in [5, 5.41) is 49.9. The number of ether oxygens (including phenoxy) is 4. The molecule has 1 aromatic heterocycles. The van der Waals surface area contributed by atoms with E-state index in [1.54, 1.807) is 0 Å². The minimum atomic E-state index is -1.78. The molecule has 1 aliphatic heterocycles.